The van der Waals surface area contributed by atoms with Crippen molar-refractivity contribution >= 4 is 28.2 Å². The highest BCUT2D eigenvalue weighted by Gasteiger charge is 2.24. The zero-order valence-electron chi connectivity index (χ0n) is 16.2. The van der Waals surface area contributed by atoms with Crippen LogP contribution in [0.1, 0.15) is 37.0 Å². The number of amides is 1. The third-order valence-electron chi connectivity index (χ3n) is 4.79. The normalized spacial score (nSPS) is 17.3. The number of esters is 1. The van der Waals surface area contributed by atoms with E-state index < -0.39 is 5.97 Å². The summed E-state index contributed by atoms with van der Waals surface area (Å²) in [4.78, 5) is 27.3. The smallest absolute Gasteiger partial charge is 0.341 e. The highest BCUT2D eigenvalue weighted by atomic mass is 32.1. The van der Waals surface area contributed by atoms with Crippen molar-refractivity contribution in [1.82, 2.24) is 4.90 Å². The summed E-state index contributed by atoms with van der Waals surface area (Å²) < 4.78 is 18.4. The van der Waals surface area contributed by atoms with Crippen molar-refractivity contribution in [3.05, 3.63) is 41.0 Å². The van der Waals surface area contributed by atoms with Crippen LogP contribution in [0.3, 0.4) is 0 Å². The molecule has 1 aliphatic rings. The van der Waals surface area contributed by atoms with Crippen molar-refractivity contribution in [2.75, 3.05) is 31.6 Å². The minimum atomic E-state index is -0.495. The minimum Gasteiger partial charge on any atom is -0.462 e. The number of carbonyl (C=O) groups excluding carboxylic acids is 2. The van der Waals surface area contributed by atoms with Crippen LogP contribution in [0, 0.1) is 11.7 Å². The van der Waals surface area contributed by atoms with Crippen LogP contribution in [0.4, 0.5) is 9.39 Å². The number of nitrogens with zero attached hydrogens (tertiary/aromatic N) is 1. The second kappa shape index (κ2) is 9.30. The van der Waals surface area contributed by atoms with E-state index in [1.807, 2.05) is 0 Å². The first-order valence-electron chi connectivity index (χ1n) is 9.54. The summed E-state index contributed by atoms with van der Waals surface area (Å²) >= 11 is 1.28. The quantitative estimate of drug-likeness (QED) is 0.725. The van der Waals surface area contributed by atoms with Crippen LogP contribution in [-0.2, 0) is 9.53 Å². The number of piperidine rings is 1. The van der Waals surface area contributed by atoms with Gasteiger partial charge in [-0.25, -0.2) is 9.18 Å². The van der Waals surface area contributed by atoms with E-state index >= 15 is 0 Å². The number of anilines is 1. The van der Waals surface area contributed by atoms with Crippen molar-refractivity contribution in [2.45, 2.75) is 26.7 Å². The Labute approximate surface area is 168 Å². The topological polar surface area (TPSA) is 58.6 Å². The van der Waals surface area contributed by atoms with Gasteiger partial charge in [0.25, 0.3) is 0 Å². The van der Waals surface area contributed by atoms with Gasteiger partial charge in [0.15, 0.2) is 0 Å². The molecule has 1 fully saturated rings. The van der Waals surface area contributed by atoms with Gasteiger partial charge in [0.05, 0.1) is 13.2 Å². The summed E-state index contributed by atoms with van der Waals surface area (Å²) in [5.74, 6) is -0.401. The molecule has 1 amide bonds. The average Bonchev–Trinajstić information content (AvgIpc) is 3.06. The van der Waals surface area contributed by atoms with Gasteiger partial charge in [-0.1, -0.05) is 19.1 Å². The van der Waals surface area contributed by atoms with Crippen LogP contribution in [0.5, 0.6) is 0 Å². The molecule has 0 saturated carbocycles. The van der Waals surface area contributed by atoms with E-state index in [4.69, 9.17) is 4.74 Å². The lowest BCUT2D eigenvalue weighted by molar-refractivity contribution is -0.117. The molecule has 5 nitrogen and oxygen atoms in total. The van der Waals surface area contributed by atoms with Crippen LogP contribution in [0.25, 0.3) is 11.1 Å². The number of hydrogen-bond donors (Lipinski definition) is 1. The maximum absolute atomic E-state index is 13.3. The minimum absolute atomic E-state index is 0.146. The molecule has 1 N–H and O–H groups in total. The van der Waals surface area contributed by atoms with Crippen molar-refractivity contribution in [3.63, 3.8) is 0 Å². The molecule has 2 heterocycles. The summed E-state index contributed by atoms with van der Waals surface area (Å²) in [7, 11) is 0. The van der Waals surface area contributed by atoms with Crippen LogP contribution in [-0.4, -0.2) is 43.0 Å². The number of nitrogens with one attached hydrogen (secondary N) is 1. The molecule has 1 aromatic heterocycles. The molecule has 28 heavy (non-hydrogen) atoms. The second-order valence-corrected chi connectivity index (χ2v) is 7.99. The number of benzene rings is 1. The molecule has 1 atom stereocenters. The Balaban J connectivity index is 1.80. The zero-order valence-corrected chi connectivity index (χ0v) is 17.0. The van der Waals surface area contributed by atoms with Gasteiger partial charge in [0.2, 0.25) is 5.91 Å². The number of thiophene rings is 1. The molecule has 2 aromatic rings. The highest BCUT2D eigenvalue weighted by molar-refractivity contribution is 7.15. The Kier molecular flexibility index (Phi) is 6.80. The van der Waals surface area contributed by atoms with Gasteiger partial charge in [0.1, 0.15) is 16.4 Å². The van der Waals surface area contributed by atoms with Crippen molar-refractivity contribution in [1.29, 1.82) is 0 Å². The molecular weight excluding hydrogens is 379 g/mol. The third-order valence-corrected chi connectivity index (χ3v) is 5.68. The van der Waals surface area contributed by atoms with E-state index in [0.29, 0.717) is 34.2 Å². The second-order valence-electron chi connectivity index (χ2n) is 7.11. The molecule has 0 aliphatic carbocycles. The molecule has 1 aromatic carbocycles. The molecule has 0 spiro atoms. The Morgan fingerprint density at radius 2 is 2.07 bits per heavy atom. The Morgan fingerprint density at radius 3 is 2.75 bits per heavy atom. The Morgan fingerprint density at radius 1 is 1.32 bits per heavy atom. The molecule has 3 rings (SSSR count). The van der Waals surface area contributed by atoms with Gasteiger partial charge in [0, 0.05) is 17.5 Å². The number of carbonyl (C=O) groups is 2. The molecule has 0 radical (unpaired) electrons. The number of hydrogen-bond acceptors (Lipinski definition) is 5. The largest absolute Gasteiger partial charge is 0.462 e. The zero-order chi connectivity index (χ0) is 20.1. The summed E-state index contributed by atoms with van der Waals surface area (Å²) in [6.45, 7) is 6.28. The third kappa shape index (κ3) is 4.97. The lowest BCUT2D eigenvalue weighted by atomic mass is 10.0. The lowest BCUT2D eigenvalue weighted by Crippen LogP contribution is -2.39. The van der Waals surface area contributed by atoms with Gasteiger partial charge in [-0.15, -0.1) is 11.3 Å². The first-order chi connectivity index (χ1) is 13.5. The summed E-state index contributed by atoms with van der Waals surface area (Å²) in [6, 6.07) is 5.91. The molecule has 1 saturated heterocycles. The highest BCUT2D eigenvalue weighted by Crippen LogP contribution is 2.36. The van der Waals surface area contributed by atoms with Crippen molar-refractivity contribution in [2.24, 2.45) is 5.92 Å². The summed E-state index contributed by atoms with van der Waals surface area (Å²) in [5, 5.41) is 5.13. The lowest BCUT2D eigenvalue weighted by Gasteiger charge is -2.30. The van der Waals surface area contributed by atoms with Gasteiger partial charge in [-0.05, 0) is 49.9 Å². The number of halogens is 1. The fourth-order valence-corrected chi connectivity index (χ4v) is 4.47. The number of rotatable bonds is 6. The maximum Gasteiger partial charge on any atom is 0.341 e. The summed E-state index contributed by atoms with van der Waals surface area (Å²) in [6.07, 6.45) is 2.29. The molecule has 0 bridgehead atoms. The average molecular weight is 405 g/mol. The van der Waals surface area contributed by atoms with Crippen LogP contribution < -0.4 is 5.32 Å². The predicted molar refractivity (Wildman–Crippen MR) is 109 cm³/mol. The van der Waals surface area contributed by atoms with E-state index in [-0.39, 0.29) is 18.3 Å². The fraction of sp³-hybridized carbons (Fsp3) is 0.429. The predicted octanol–water partition coefficient (Wildman–Crippen LogP) is 4.40. The van der Waals surface area contributed by atoms with Crippen molar-refractivity contribution in [3.8, 4) is 11.1 Å². The van der Waals surface area contributed by atoms with Gasteiger partial charge in [-0.2, -0.15) is 0 Å². The monoisotopic (exact) mass is 404 g/mol. The Hall–Kier alpha value is -2.25. The number of ether oxygens (including phenoxy) is 1. The van der Waals surface area contributed by atoms with E-state index in [1.54, 1.807) is 24.4 Å². The number of likely N-dealkylation sites (tertiary alicyclic amines) is 1. The fourth-order valence-electron chi connectivity index (χ4n) is 3.50. The molecule has 7 heteroatoms. The first-order valence-corrected chi connectivity index (χ1v) is 10.4. The van der Waals surface area contributed by atoms with E-state index in [1.165, 1.54) is 29.9 Å². The van der Waals surface area contributed by atoms with Crippen LogP contribution in [0.15, 0.2) is 29.6 Å². The molecule has 0 unspecified atom stereocenters. The van der Waals surface area contributed by atoms with Gasteiger partial charge < -0.3 is 10.1 Å². The van der Waals surface area contributed by atoms with Crippen LogP contribution >= 0.6 is 11.3 Å². The maximum atomic E-state index is 13.3. The molecule has 150 valence electrons. The first kappa shape index (κ1) is 20.5. The van der Waals surface area contributed by atoms with E-state index in [0.717, 1.165) is 19.5 Å². The van der Waals surface area contributed by atoms with Gasteiger partial charge in [-0.3, -0.25) is 9.69 Å². The van der Waals surface area contributed by atoms with Crippen LogP contribution in [0.2, 0.25) is 0 Å². The van der Waals surface area contributed by atoms with Crippen molar-refractivity contribution < 1.29 is 18.7 Å². The standard InChI is InChI=1S/C21H25FN2O3S/c1-3-27-21(26)19-17(15-6-8-16(22)9-7-15)13-28-20(19)23-18(25)12-24-10-4-5-14(2)11-24/h6-9,13-14H,3-5,10-12H2,1-2H3,(H,23,25)/t14-/m1/s1. The Bertz CT molecular complexity index is 835. The van der Waals surface area contributed by atoms with Gasteiger partial charge >= 0.3 is 5.97 Å². The van der Waals surface area contributed by atoms with E-state index in [2.05, 4.69) is 17.1 Å². The molecule has 1 aliphatic heterocycles. The molecular formula is C21H25FN2O3S. The summed E-state index contributed by atoms with van der Waals surface area (Å²) in [5.41, 5.74) is 1.65. The van der Waals surface area contributed by atoms with E-state index in [9.17, 15) is 14.0 Å². The SMILES string of the molecule is CCOC(=O)c1c(-c2ccc(F)cc2)csc1NC(=O)CN1CCC[C@@H](C)C1.